The van der Waals surface area contributed by atoms with Gasteiger partial charge in [-0.1, -0.05) is 51.1 Å². The highest BCUT2D eigenvalue weighted by molar-refractivity contribution is 5.85. The normalized spacial score (nSPS) is 15.1. The van der Waals surface area contributed by atoms with Crippen LogP contribution in [-0.2, 0) is 16.0 Å². The van der Waals surface area contributed by atoms with Gasteiger partial charge in [0.2, 0.25) is 5.91 Å². The fourth-order valence-corrected chi connectivity index (χ4v) is 2.25. The molecule has 4 N–H and O–H groups in total. The Hall–Kier alpha value is -1.88. The Labute approximate surface area is 131 Å². The monoisotopic (exact) mass is 306 g/mol. The molecule has 0 aromatic heterocycles. The van der Waals surface area contributed by atoms with Crippen molar-refractivity contribution in [2.75, 3.05) is 0 Å². The van der Waals surface area contributed by atoms with Crippen molar-refractivity contribution in [2.24, 2.45) is 17.6 Å². The molecule has 0 aliphatic rings. The van der Waals surface area contributed by atoms with Crippen molar-refractivity contribution in [3.8, 4) is 0 Å². The van der Waals surface area contributed by atoms with E-state index in [-0.39, 0.29) is 17.9 Å². The molecule has 5 heteroatoms. The van der Waals surface area contributed by atoms with Crippen molar-refractivity contribution in [3.05, 3.63) is 35.9 Å². The number of hydrogen-bond acceptors (Lipinski definition) is 3. The van der Waals surface area contributed by atoms with Gasteiger partial charge in [-0.3, -0.25) is 4.79 Å². The summed E-state index contributed by atoms with van der Waals surface area (Å²) in [6.45, 7) is 5.58. The van der Waals surface area contributed by atoms with Gasteiger partial charge in [-0.25, -0.2) is 4.79 Å². The number of aliphatic carboxylic acids is 1. The van der Waals surface area contributed by atoms with Gasteiger partial charge < -0.3 is 16.2 Å². The number of carbonyl (C=O) groups is 2. The first-order valence-corrected chi connectivity index (χ1v) is 7.64. The fourth-order valence-electron chi connectivity index (χ4n) is 2.25. The Bertz CT molecular complexity index is 488. The van der Waals surface area contributed by atoms with Crippen molar-refractivity contribution in [1.29, 1.82) is 0 Å². The van der Waals surface area contributed by atoms with Gasteiger partial charge >= 0.3 is 5.97 Å². The molecule has 3 atom stereocenters. The molecule has 0 radical (unpaired) electrons. The number of amides is 1. The molecule has 122 valence electrons. The highest BCUT2D eigenvalue weighted by Gasteiger charge is 2.26. The smallest absolute Gasteiger partial charge is 0.326 e. The standard InChI is InChI=1S/C17H26N2O3/c1-11(2)9-15(17(21)22)19-16(20)12(3)14(18)10-13-7-5-4-6-8-13/h4-8,11-12,14-15H,9-10,18H2,1-3H3,(H,19,20)(H,21,22)/t12-,14+,15?/m1/s1. The number of nitrogens with one attached hydrogen (secondary N) is 1. The molecule has 0 aliphatic carbocycles. The van der Waals surface area contributed by atoms with Crippen LogP contribution in [0.2, 0.25) is 0 Å². The maximum atomic E-state index is 12.2. The third kappa shape index (κ3) is 5.85. The van der Waals surface area contributed by atoms with Gasteiger partial charge in [-0.05, 0) is 24.3 Å². The first-order chi connectivity index (χ1) is 10.3. The molecule has 0 spiro atoms. The second-order valence-electron chi connectivity index (χ2n) is 6.17. The lowest BCUT2D eigenvalue weighted by Crippen LogP contribution is -2.48. The zero-order valence-corrected chi connectivity index (χ0v) is 13.5. The van der Waals surface area contributed by atoms with Gasteiger partial charge in [0.15, 0.2) is 0 Å². The van der Waals surface area contributed by atoms with Gasteiger partial charge in [0, 0.05) is 6.04 Å². The van der Waals surface area contributed by atoms with E-state index in [1.165, 1.54) is 0 Å². The van der Waals surface area contributed by atoms with E-state index in [1.807, 2.05) is 44.2 Å². The highest BCUT2D eigenvalue weighted by Crippen LogP contribution is 2.11. The summed E-state index contributed by atoms with van der Waals surface area (Å²) in [4.78, 5) is 23.4. The van der Waals surface area contributed by atoms with Crippen LogP contribution in [0.25, 0.3) is 0 Å². The van der Waals surface area contributed by atoms with Crippen LogP contribution in [0, 0.1) is 11.8 Å². The van der Waals surface area contributed by atoms with Crippen LogP contribution < -0.4 is 11.1 Å². The van der Waals surface area contributed by atoms with Crippen molar-refractivity contribution in [1.82, 2.24) is 5.32 Å². The van der Waals surface area contributed by atoms with Crippen molar-refractivity contribution in [2.45, 2.75) is 45.7 Å². The zero-order chi connectivity index (χ0) is 16.7. The lowest BCUT2D eigenvalue weighted by Gasteiger charge is -2.23. The lowest BCUT2D eigenvalue weighted by atomic mass is 9.94. The first kappa shape index (κ1) is 18.2. The molecule has 0 saturated carbocycles. The van der Waals surface area contributed by atoms with Crippen LogP contribution in [0.4, 0.5) is 0 Å². The van der Waals surface area contributed by atoms with Crippen molar-refractivity contribution >= 4 is 11.9 Å². The third-order valence-corrected chi connectivity index (χ3v) is 3.69. The predicted octanol–water partition coefficient (Wildman–Crippen LogP) is 1.81. The fraction of sp³-hybridized carbons (Fsp3) is 0.529. The zero-order valence-electron chi connectivity index (χ0n) is 13.5. The van der Waals surface area contributed by atoms with Crippen LogP contribution in [0.5, 0.6) is 0 Å². The summed E-state index contributed by atoms with van der Waals surface area (Å²) >= 11 is 0. The molecule has 0 heterocycles. The van der Waals surface area contributed by atoms with Crippen molar-refractivity contribution < 1.29 is 14.7 Å². The molecule has 1 unspecified atom stereocenters. The van der Waals surface area contributed by atoms with Gasteiger partial charge in [0.1, 0.15) is 6.04 Å². The Kier molecular flexibility index (Phi) is 7.05. The average Bonchev–Trinajstić information content (AvgIpc) is 2.46. The van der Waals surface area contributed by atoms with E-state index in [9.17, 15) is 14.7 Å². The molecule has 5 nitrogen and oxygen atoms in total. The minimum absolute atomic E-state index is 0.190. The number of benzene rings is 1. The molecule has 0 aliphatic heterocycles. The van der Waals surface area contributed by atoms with E-state index in [2.05, 4.69) is 5.32 Å². The van der Waals surface area contributed by atoms with E-state index >= 15 is 0 Å². The number of nitrogens with two attached hydrogens (primary N) is 1. The highest BCUT2D eigenvalue weighted by atomic mass is 16.4. The molecule has 1 aromatic rings. The van der Waals surface area contributed by atoms with E-state index in [1.54, 1.807) is 6.92 Å². The number of carboxylic acid groups (broad SMARTS) is 1. The Morgan fingerprint density at radius 2 is 1.77 bits per heavy atom. The maximum Gasteiger partial charge on any atom is 0.326 e. The van der Waals surface area contributed by atoms with Crippen LogP contribution in [-0.4, -0.2) is 29.1 Å². The Balaban J connectivity index is 2.61. The van der Waals surface area contributed by atoms with Crippen LogP contribution in [0.15, 0.2) is 30.3 Å². The van der Waals surface area contributed by atoms with E-state index in [4.69, 9.17) is 5.73 Å². The molecule has 0 saturated heterocycles. The summed E-state index contributed by atoms with van der Waals surface area (Å²) < 4.78 is 0. The van der Waals surface area contributed by atoms with Gasteiger partial charge in [0.05, 0.1) is 5.92 Å². The van der Waals surface area contributed by atoms with E-state index < -0.39 is 17.9 Å². The van der Waals surface area contributed by atoms with Crippen LogP contribution in [0.1, 0.15) is 32.8 Å². The second-order valence-corrected chi connectivity index (χ2v) is 6.17. The largest absolute Gasteiger partial charge is 0.480 e. The van der Waals surface area contributed by atoms with E-state index in [0.717, 1.165) is 5.56 Å². The number of carbonyl (C=O) groups excluding carboxylic acids is 1. The topological polar surface area (TPSA) is 92.4 Å². The molecule has 22 heavy (non-hydrogen) atoms. The number of carboxylic acids is 1. The SMILES string of the molecule is CC(C)CC(NC(=O)[C@H](C)[C@@H](N)Cc1ccccc1)C(=O)O. The quantitative estimate of drug-likeness (QED) is 0.683. The Morgan fingerprint density at radius 1 is 1.18 bits per heavy atom. The van der Waals surface area contributed by atoms with Gasteiger partial charge in [-0.2, -0.15) is 0 Å². The van der Waals surface area contributed by atoms with Gasteiger partial charge in [-0.15, -0.1) is 0 Å². The number of hydrogen-bond donors (Lipinski definition) is 3. The molecular weight excluding hydrogens is 280 g/mol. The Morgan fingerprint density at radius 3 is 2.27 bits per heavy atom. The summed E-state index contributed by atoms with van der Waals surface area (Å²) in [5.74, 6) is -1.58. The van der Waals surface area contributed by atoms with E-state index in [0.29, 0.717) is 12.8 Å². The minimum Gasteiger partial charge on any atom is -0.480 e. The van der Waals surface area contributed by atoms with Crippen molar-refractivity contribution in [3.63, 3.8) is 0 Å². The average molecular weight is 306 g/mol. The molecule has 0 bridgehead atoms. The summed E-state index contributed by atoms with van der Waals surface area (Å²) in [5.41, 5.74) is 7.16. The summed E-state index contributed by atoms with van der Waals surface area (Å²) in [6.07, 6.45) is 0.985. The maximum absolute atomic E-state index is 12.2. The molecule has 1 rings (SSSR count). The number of rotatable bonds is 8. The molecular formula is C17H26N2O3. The first-order valence-electron chi connectivity index (χ1n) is 7.64. The molecule has 1 aromatic carbocycles. The van der Waals surface area contributed by atoms with Crippen LogP contribution in [0.3, 0.4) is 0 Å². The summed E-state index contributed by atoms with van der Waals surface area (Å²) in [5, 5.41) is 11.8. The van der Waals surface area contributed by atoms with Crippen LogP contribution >= 0.6 is 0 Å². The summed E-state index contributed by atoms with van der Waals surface area (Å²) in [7, 11) is 0. The predicted molar refractivity (Wildman–Crippen MR) is 86.3 cm³/mol. The summed E-state index contributed by atoms with van der Waals surface area (Å²) in [6, 6.07) is 8.49. The second kappa shape index (κ2) is 8.54. The lowest BCUT2D eigenvalue weighted by molar-refractivity contribution is -0.143. The third-order valence-electron chi connectivity index (χ3n) is 3.69. The molecule has 0 fully saturated rings. The van der Waals surface area contributed by atoms with Gasteiger partial charge in [0.25, 0.3) is 0 Å². The minimum atomic E-state index is -1.01. The molecule has 1 amide bonds.